The summed E-state index contributed by atoms with van der Waals surface area (Å²) in [5, 5.41) is 6.37. The molecule has 0 saturated carbocycles. The smallest absolute Gasteiger partial charge is 0.457 e. The van der Waals surface area contributed by atoms with Crippen LogP contribution < -0.4 is 16.4 Å². The van der Waals surface area contributed by atoms with Crippen LogP contribution in [0.4, 0.5) is 9.59 Å². The molecule has 4 atom stereocenters. The summed E-state index contributed by atoms with van der Waals surface area (Å²) < 4.78 is 85.4. The van der Waals surface area contributed by atoms with Gasteiger partial charge in [0.05, 0.1) is 170 Å². The number of carbonyl (C=O) groups is 6. The van der Waals surface area contributed by atoms with Crippen molar-refractivity contribution in [2.75, 3.05) is 150 Å². The molecule has 2 aromatic carbocycles. The maximum Gasteiger partial charge on any atom is 0.509 e. The number of amides is 1. The Labute approximate surface area is 672 Å². The molecule has 32 heteroatoms. The quantitative estimate of drug-likeness (QED) is 0.0160. The Hall–Kier alpha value is -7.18. The van der Waals surface area contributed by atoms with Gasteiger partial charge in [0.15, 0.2) is 0 Å². The maximum absolute atomic E-state index is 13.7. The Bertz CT molecular complexity index is 4290. The van der Waals surface area contributed by atoms with Crippen molar-refractivity contribution in [2.45, 2.75) is 152 Å². The lowest BCUT2D eigenvalue weighted by molar-refractivity contribution is -0.176. The average Bonchev–Trinajstić information content (AvgIpc) is 1.65. The van der Waals surface area contributed by atoms with Crippen LogP contribution in [0.1, 0.15) is 137 Å². The first-order valence-electron chi connectivity index (χ1n) is 39.2. The van der Waals surface area contributed by atoms with Crippen molar-refractivity contribution < 1.29 is 99.8 Å². The largest absolute Gasteiger partial charge is 0.509 e. The van der Waals surface area contributed by atoms with Gasteiger partial charge in [-0.1, -0.05) is 106 Å². The molecule has 6 aliphatic rings. The minimum Gasteiger partial charge on any atom is -0.457 e. The predicted octanol–water partition coefficient (Wildman–Crippen LogP) is 11.5. The summed E-state index contributed by atoms with van der Waals surface area (Å²) >= 11 is 0. The number of benzene rings is 2. The summed E-state index contributed by atoms with van der Waals surface area (Å²) in [5.74, 6) is 1.37. The average molecular weight is 1640 g/mol. The van der Waals surface area contributed by atoms with E-state index in [2.05, 4.69) is 5.32 Å². The third-order valence-corrected chi connectivity index (χ3v) is 26.0. The molecule has 10 heterocycles. The molecule has 113 heavy (non-hydrogen) atoms. The van der Waals surface area contributed by atoms with Crippen LogP contribution >= 0.6 is 43.2 Å². The van der Waals surface area contributed by atoms with Crippen LogP contribution in [0.25, 0.3) is 44.6 Å². The second-order valence-electron chi connectivity index (χ2n) is 27.6. The number of carbonyl (C=O) groups excluding carboxylic acids is 6. The van der Waals surface area contributed by atoms with E-state index in [9.17, 15) is 38.4 Å². The van der Waals surface area contributed by atoms with Gasteiger partial charge in [-0.25, -0.2) is 29.1 Å². The van der Waals surface area contributed by atoms with E-state index < -0.39 is 35.5 Å². The Morgan fingerprint density at radius 2 is 0.867 bits per heavy atom. The molecule has 4 aromatic heterocycles. The number of fused-ring (bicyclic) bond motifs is 10. The number of Topliss-reactive ketones (excluding diaryl/α,β-unsaturated/α-hetero) is 1. The minimum absolute atomic E-state index is 0.0246. The summed E-state index contributed by atoms with van der Waals surface area (Å²) in [6.45, 7) is 10.4. The third kappa shape index (κ3) is 24.2. The molecule has 1 N–H and O–H groups in total. The van der Waals surface area contributed by atoms with Gasteiger partial charge in [-0.3, -0.25) is 19.2 Å². The van der Waals surface area contributed by atoms with Gasteiger partial charge >= 0.3 is 24.2 Å². The second kappa shape index (κ2) is 45.4. The van der Waals surface area contributed by atoms with Crippen LogP contribution in [0.2, 0.25) is 0 Å². The molecule has 0 aliphatic carbocycles. The van der Waals surface area contributed by atoms with Crippen molar-refractivity contribution in [1.82, 2.24) is 24.4 Å². The molecule has 1 amide bonds. The molecule has 12 rings (SSSR count). The number of ether oxygens (including phenoxy) is 15. The Kier molecular flexibility index (Phi) is 34.8. The van der Waals surface area contributed by atoms with Crippen molar-refractivity contribution in [3.8, 4) is 22.8 Å². The van der Waals surface area contributed by atoms with Crippen LogP contribution in [0.5, 0.6) is 0 Å². The number of para-hydroxylation sites is 2. The number of hydrogen-bond donors (Lipinski definition) is 1. The minimum atomic E-state index is -1.86. The van der Waals surface area contributed by atoms with E-state index in [1.54, 1.807) is 35.1 Å². The van der Waals surface area contributed by atoms with Crippen LogP contribution in [0.15, 0.2) is 82.4 Å². The van der Waals surface area contributed by atoms with Gasteiger partial charge in [-0.05, 0) is 94.2 Å². The van der Waals surface area contributed by atoms with Gasteiger partial charge in [0.2, 0.25) is 17.1 Å². The number of rotatable bonds is 48. The van der Waals surface area contributed by atoms with Crippen molar-refractivity contribution in [3.63, 3.8) is 0 Å². The maximum atomic E-state index is 13.7. The number of pyridine rings is 4. The highest BCUT2D eigenvalue weighted by atomic mass is 33.1. The van der Waals surface area contributed by atoms with Gasteiger partial charge < -0.3 is 85.5 Å². The summed E-state index contributed by atoms with van der Waals surface area (Å²) in [6.07, 6.45) is 9.64. The number of esters is 2. The zero-order valence-electron chi connectivity index (χ0n) is 64.4. The van der Waals surface area contributed by atoms with Gasteiger partial charge in [-0.2, -0.15) is 0 Å². The van der Waals surface area contributed by atoms with E-state index in [0.29, 0.717) is 160 Å². The molecule has 6 aliphatic heterocycles. The topological polar surface area (TPSA) is 323 Å². The number of nitrogens with zero attached hydrogens (tertiary/aromatic N) is 4. The number of unbranched alkanes of at least 4 members (excludes halogenated alkanes) is 2. The highest BCUT2D eigenvalue weighted by Crippen LogP contribution is 2.45. The van der Waals surface area contributed by atoms with E-state index in [1.807, 2.05) is 104 Å². The molecule has 0 radical (unpaired) electrons. The van der Waals surface area contributed by atoms with Crippen molar-refractivity contribution in [3.05, 3.63) is 127 Å². The van der Waals surface area contributed by atoms with Crippen molar-refractivity contribution >= 4 is 101 Å². The van der Waals surface area contributed by atoms with Crippen LogP contribution in [-0.4, -0.2) is 216 Å². The lowest BCUT2D eigenvalue weighted by Gasteiger charge is -2.35. The fourth-order valence-electron chi connectivity index (χ4n) is 13.9. The first-order valence-corrected chi connectivity index (χ1v) is 44.0. The Morgan fingerprint density at radius 1 is 0.478 bits per heavy atom. The van der Waals surface area contributed by atoms with E-state index in [4.69, 9.17) is 81.0 Å². The Balaban J connectivity index is 0.000000223. The molecular formula is C81H103N5O23S4. The molecule has 6 aromatic rings. The standard InChI is InChI=1S/C41H53N3O12S2.C40H50N2O11S2/c1-2-41(33-26-35-37-30(25-29-7-3-5-9-34(29)43-37)27-44(35)38(46)32(33)28-55-39(41)47)56-40(48)54-23-22-53-21-20-52-19-18-51-17-16-50-15-14-49-13-12-42-36(45)10-6-4-8-31-11-24-57-58-31;1-2-40(33-25-35-36-29(24-28-8-3-6-12-34(28)41-36)26-42(35)37(44)32(33)27-52-38(40)45)53-39(46)51-22-21-50-20-19-49-18-17-48-16-15-47-14-7-10-30(43)9-4-5-11-31-13-23-54-55-31/h3,5,7,9,25-26,31H,2,4,6,8,10-24,27-28H2,1H3,(H,42,45);3,6,8,12,24-25,31H,2,4-5,7,9-11,13-23,26-27H2,1H3. The van der Waals surface area contributed by atoms with E-state index in [-0.39, 0.29) is 105 Å². The Morgan fingerprint density at radius 3 is 1.28 bits per heavy atom. The summed E-state index contributed by atoms with van der Waals surface area (Å²) in [5.41, 5.74) is 2.44. The lowest BCUT2D eigenvalue weighted by atomic mass is 9.85. The molecule has 28 nitrogen and oxygen atoms in total. The highest BCUT2D eigenvalue weighted by molar-refractivity contribution is 8.77. The van der Waals surface area contributed by atoms with Crippen molar-refractivity contribution in [1.29, 1.82) is 0 Å². The second-order valence-corrected chi connectivity index (χ2v) is 33.1. The van der Waals surface area contributed by atoms with Crippen molar-refractivity contribution in [2.24, 2.45) is 0 Å². The van der Waals surface area contributed by atoms with Crippen LogP contribution in [0, 0.1) is 0 Å². The third-order valence-electron chi connectivity index (χ3n) is 20.0. The van der Waals surface area contributed by atoms with E-state index in [1.165, 1.54) is 37.2 Å². The van der Waals surface area contributed by atoms with Gasteiger partial charge in [0.25, 0.3) is 11.1 Å². The van der Waals surface area contributed by atoms with E-state index >= 15 is 0 Å². The molecule has 0 spiro atoms. The lowest BCUT2D eigenvalue weighted by Crippen LogP contribution is -2.47. The van der Waals surface area contributed by atoms with Gasteiger partial charge in [-0.15, -0.1) is 0 Å². The van der Waals surface area contributed by atoms with Gasteiger partial charge in [0, 0.05) is 87.4 Å². The van der Waals surface area contributed by atoms with Crippen LogP contribution in [-0.2, 0) is 128 Å². The number of ketones is 1. The predicted molar refractivity (Wildman–Crippen MR) is 428 cm³/mol. The fraction of sp³-hybridized carbons (Fsp3) is 0.580. The summed E-state index contributed by atoms with van der Waals surface area (Å²) in [7, 11) is 7.91. The molecule has 2 fully saturated rings. The monoisotopic (exact) mass is 1640 g/mol. The number of hydrogen-bond acceptors (Lipinski definition) is 29. The molecule has 4 unspecified atom stereocenters. The van der Waals surface area contributed by atoms with E-state index in [0.717, 1.165) is 75.5 Å². The zero-order valence-corrected chi connectivity index (χ0v) is 67.7. The summed E-state index contributed by atoms with van der Waals surface area (Å²) in [4.78, 5) is 113. The first kappa shape index (κ1) is 86.7. The highest BCUT2D eigenvalue weighted by Gasteiger charge is 2.53. The SMILES string of the molecule is CCC1(OC(=O)OCCOCCOCCOCCOCCCC(=O)CCCCC2CCSS2)C(=O)OCc2c1cc1n(c2=O)Cc2cc3ccccc3nc2-1.CCC1(OC(=O)OCCOCCOCCOCCOCCOCCNC(=O)CCCCC2CCSS2)C(=O)OCc2c1cc1n(c2=O)Cc2cc3ccccc3nc2-1. The molecule has 0 bridgehead atoms. The number of aromatic nitrogens is 4. The van der Waals surface area contributed by atoms with Crippen LogP contribution in [0.3, 0.4) is 0 Å². The molecule has 614 valence electrons. The zero-order chi connectivity index (χ0) is 79.0. The normalized spacial score (nSPS) is 18.3. The fourth-order valence-corrected chi connectivity index (χ4v) is 20.0. The molecule has 2 saturated heterocycles. The van der Waals surface area contributed by atoms with Gasteiger partial charge in [0.1, 0.15) is 32.2 Å². The number of nitrogens with one attached hydrogen (secondary N) is 1. The first-order chi connectivity index (χ1) is 55.3. The molecular weight excluding hydrogens is 1540 g/mol. The number of cyclic esters (lactones) is 2. The summed E-state index contributed by atoms with van der Waals surface area (Å²) in [6, 6.07) is 22.9.